The summed E-state index contributed by atoms with van der Waals surface area (Å²) in [5.41, 5.74) is 3.71. The van der Waals surface area contributed by atoms with E-state index in [0.717, 1.165) is 50.3 Å². The van der Waals surface area contributed by atoms with Crippen LogP contribution in [0.2, 0.25) is 0 Å². The molecule has 5 rings (SSSR count). The molecular weight excluding hydrogens is 398 g/mol. The standard InChI is InChI=1S/C26H29N5O/c1-32-25-9-6-21(7-10-25)17-23-5-2-3-13-29(23)14-4-15-30-16-12-22-18-24(8-11-26(22)30)31-19-27-28-20-31/h2,5-12,16,18-20,23H,3-4,13-15,17H2,1H3. The van der Waals surface area contributed by atoms with E-state index in [4.69, 9.17) is 4.74 Å². The van der Waals surface area contributed by atoms with Crippen molar-refractivity contribution < 1.29 is 4.74 Å². The second kappa shape index (κ2) is 9.40. The highest BCUT2D eigenvalue weighted by molar-refractivity contribution is 5.82. The average Bonchev–Trinajstić information content (AvgIpc) is 3.51. The average molecular weight is 428 g/mol. The summed E-state index contributed by atoms with van der Waals surface area (Å²) < 4.78 is 9.59. The fourth-order valence-electron chi connectivity index (χ4n) is 4.58. The number of fused-ring (bicyclic) bond motifs is 1. The predicted octanol–water partition coefficient (Wildman–Crippen LogP) is 4.49. The van der Waals surface area contributed by atoms with E-state index in [2.05, 4.69) is 86.5 Å². The highest BCUT2D eigenvalue weighted by atomic mass is 16.5. The normalized spacial score (nSPS) is 16.6. The van der Waals surface area contributed by atoms with E-state index in [1.54, 1.807) is 19.8 Å². The Kier molecular flexibility index (Phi) is 6.03. The van der Waals surface area contributed by atoms with Gasteiger partial charge < -0.3 is 9.30 Å². The molecule has 4 aromatic rings. The number of hydrogen-bond acceptors (Lipinski definition) is 4. The van der Waals surface area contributed by atoms with Gasteiger partial charge in [0.2, 0.25) is 0 Å². The molecule has 6 heteroatoms. The zero-order valence-electron chi connectivity index (χ0n) is 18.5. The minimum atomic E-state index is 0.463. The molecule has 0 saturated heterocycles. The Bertz CT molecular complexity index is 1180. The Labute approximate surface area is 188 Å². The fourth-order valence-corrected chi connectivity index (χ4v) is 4.58. The molecule has 3 heterocycles. The van der Waals surface area contributed by atoms with E-state index in [1.807, 2.05) is 4.57 Å². The van der Waals surface area contributed by atoms with Crippen LogP contribution in [0.5, 0.6) is 5.75 Å². The monoisotopic (exact) mass is 427 g/mol. The van der Waals surface area contributed by atoms with Crippen LogP contribution >= 0.6 is 0 Å². The number of methoxy groups -OCH3 is 1. The van der Waals surface area contributed by atoms with Crippen LogP contribution in [-0.2, 0) is 13.0 Å². The maximum Gasteiger partial charge on any atom is 0.123 e. The van der Waals surface area contributed by atoms with Gasteiger partial charge in [-0.05, 0) is 61.2 Å². The minimum Gasteiger partial charge on any atom is -0.497 e. The molecule has 6 nitrogen and oxygen atoms in total. The molecule has 1 unspecified atom stereocenters. The van der Waals surface area contributed by atoms with Crippen LogP contribution in [-0.4, -0.2) is 50.5 Å². The van der Waals surface area contributed by atoms with Gasteiger partial charge in [0.15, 0.2) is 0 Å². The molecule has 0 amide bonds. The number of rotatable bonds is 8. The lowest BCUT2D eigenvalue weighted by Gasteiger charge is -2.32. The molecule has 1 aliphatic rings. The van der Waals surface area contributed by atoms with Gasteiger partial charge in [0.05, 0.1) is 7.11 Å². The summed E-state index contributed by atoms with van der Waals surface area (Å²) in [6, 6.07) is 17.6. The number of aromatic nitrogens is 4. The Morgan fingerprint density at radius 2 is 1.84 bits per heavy atom. The molecule has 2 aromatic heterocycles. The van der Waals surface area contributed by atoms with Gasteiger partial charge in [-0.2, -0.15) is 0 Å². The van der Waals surface area contributed by atoms with E-state index in [9.17, 15) is 0 Å². The zero-order chi connectivity index (χ0) is 21.8. The van der Waals surface area contributed by atoms with Gasteiger partial charge in [-0.1, -0.05) is 24.3 Å². The van der Waals surface area contributed by atoms with Crippen molar-refractivity contribution in [2.75, 3.05) is 20.2 Å². The minimum absolute atomic E-state index is 0.463. The highest BCUT2D eigenvalue weighted by Gasteiger charge is 2.18. The quantitative estimate of drug-likeness (QED) is 0.389. The first-order valence-electron chi connectivity index (χ1n) is 11.3. The third-order valence-electron chi connectivity index (χ3n) is 6.33. The summed E-state index contributed by atoms with van der Waals surface area (Å²) in [6.45, 7) is 3.25. The molecular formula is C26H29N5O. The van der Waals surface area contributed by atoms with E-state index in [-0.39, 0.29) is 0 Å². The number of nitrogens with zero attached hydrogens (tertiary/aromatic N) is 5. The summed E-state index contributed by atoms with van der Waals surface area (Å²) in [6.07, 6.45) is 13.7. The van der Waals surface area contributed by atoms with Gasteiger partial charge in [0.1, 0.15) is 18.4 Å². The summed E-state index contributed by atoms with van der Waals surface area (Å²) >= 11 is 0. The molecule has 0 saturated carbocycles. The molecule has 1 atom stereocenters. The molecule has 2 aromatic carbocycles. The zero-order valence-corrected chi connectivity index (χ0v) is 18.5. The van der Waals surface area contributed by atoms with E-state index in [1.165, 1.54) is 16.5 Å². The molecule has 0 spiro atoms. The van der Waals surface area contributed by atoms with E-state index in [0.29, 0.717) is 6.04 Å². The Morgan fingerprint density at radius 1 is 1.00 bits per heavy atom. The van der Waals surface area contributed by atoms with Crippen LogP contribution in [0.25, 0.3) is 16.6 Å². The number of hydrogen-bond donors (Lipinski definition) is 0. The fraction of sp³-hybridized carbons (Fsp3) is 0.308. The first-order valence-corrected chi connectivity index (χ1v) is 11.3. The number of aryl methyl sites for hydroxylation is 1. The SMILES string of the molecule is COc1ccc(CC2C=CCCN2CCCn2ccc3cc(-n4cnnc4)ccc32)cc1. The molecule has 0 N–H and O–H groups in total. The Morgan fingerprint density at radius 3 is 2.66 bits per heavy atom. The van der Waals surface area contributed by atoms with Gasteiger partial charge in [-0.3, -0.25) is 9.47 Å². The van der Waals surface area contributed by atoms with Gasteiger partial charge in [0.25, 0.3) is 0 Å². The maximum atomic E-state index is 5.29. The Balaban J connectivity index is 1.21. The maximum absolute atomic E-state index is 5.29. The van der Waals surface area contributed by atoms with Gasteiger partial charge in [-0.15, -0.1) is 10.2 Å². The summed E-state index contributed by atoms with van der Waals surface area (Å²) in [5.74, 6) is 0.914. The van der Waals surface area contributed by atoms with Crippen LogP contribution in [0.15, 0.2) is 79.5 Å². The largest absolute Gasteiger partial charge is 0.497 e. The third kappa shape index (κ3) is 4.46. The second-order valence-corrected chi connectivity index (χ2v) is 8.35. The van der Waals surface area contributed by atoms with Crippen molar-refractivity contribution in [3.05, 3.63) is 85.1 Å². The van der Waals surface area contributed by atoms with Crippen molar-refractivity contribution in [1.82, 2.24) is 24.2 Å². The Hall–Kier alpha value is -3.38. The van der Waals surface area contributed by atoms with Crippen molar-refractivity contribution in [2.45, 2.75) is 31.8 Å². The molecule has 0 fully saturated rings. The van der Waals surface area contributed by atoms with Crippen molar-refractivity contribution in [3.63, 3.8) is 0 Å². The van der Waals surface area contributed by atoms with E-state index < -0.39 is 0 Å². The molecule has 164 valence electrons. The number of benzene rings is 2. The van der Waals surface area contributed by atoms with Crippen LogP contribution in [0, 0.1) is 0 Å². The van der Waals surface area contributed by atoms with Crippen molar-refractivity contribution >= 4 is 10.9 Å². The summed E-state index contributed by atoms with van der Waals surface area (Å²) in [5, 5.41) is 9.05. The van der Waals surface area contributed by atoms with Gasteiger partial charge in [0, 0.05) is 48.5 Å². The number of ether oxygens (including phenoxy) is 1. The molecule has 1 aliphatic heterocycles. The second-order valence-electron chi connectivity index (χ2n) is 8.35. The van der Waals surface area contributed by atoms with Crippen LogP contribution in [0.3, 0.4) is 0 Å². The molecule has 32 heavy (non-hydrogen) atoms. The summed E-state index contributed by atoms with van der Waals surface area (Å²) in [4.78, 5) is 2.63. The van der Waals surface area contributed by atoms with Crippen LogP contribution < -0.4 is 4.74 Å². The van der Waals surface area contributed by atoms with Crippen molar-refractivity contribution in [3.8, 4) is 11.4 Å². The van der Waals surface area contributed by atoms with Crippen LogP contribution in [0.4, 0.5) is 0 Å². The van der Waals surface area contributed by atoms with Crippen molar-refractivity contribution in [2.24, 2.45) is 0 Å². The smallest absolute Gasteiger partial charge is 0.123 e. The van der Waals surface area contributed by atoms with Gasteiger partial charge >= 0.3 is 0 Å². The van der Waals surface area contributed by atoms with Crippen LogP contribution in [0.1, 0.15) is 18.4 Å². The topological polar surface area (TPSA) is 48.1 Å². The van der Waals surface area contributed by atoms with Crippen molar-refractivity contribution in [1.29, 1.82) is 0 Å². The lowest BCUT2D eigenvalue weighted by molar-refractivity contribution is 0.216. The van der Waals surface area contributed by atoms with E-state index >= 15 is 0 Å². The summed E-state index contributed by atoms with van der Waals surface area (Å²) in [7, 11) is 1.71. The lowest BCUT2D eigenvalue weighted by atomic mass is 10.0. The predicted molar refractivity (Wildman–Crippen MR) is 127 cm³/mol. The molecule has 0 aliphatic carbocycles. The lowest BCUT2D eigenvalue weighted by Crippen LogP contribution is -2.39. The highest BCUT2D eigenvalue weighted by Crippen LogP contribution is 2.21. The molecule has 0 bridgehead atoms. The first-order chi connectivity index (χ1) is 15.8. The first kappa shape index (κ1) is 20.5. The molecule has 0 radical (unpaired) electrons. The third-order valence-corrected chi connectivity index (χ3v) is 6.33. The van der Waals surface area contributed by atoms with Gasteiger partial charge in [-0.25, -0.2) is 0 Å².